The van der Waals surface area contributed by atoms with Crippen LogP contribution < -0.4 is 0 Å². The highest BCUT2D eigenvalue weighted by atomic mass is 16.6. The van der Waals surface area contributed by atoms with Crippen LogP contribution in [-0.4, -0.2) is 46.0 Å². The molecule has 0 radical (unpaired) electrons. The molecule has 0 aliphatic carbocycles. The van der Waals surface area contributed by atoms with Gasteiger partial charge in [-0.2, -0.15) is 0 Å². The van der Waals surface area contributed by atoms with Gasteiger partial charge < -0.3 is 9.84 Å². The van der Waals surface area contributed by atoms with Gasteiger partial charge in [0.2, 0.25) is 0 Å². The summed E-state index contributed by atoms with van der Waals surface area (Å²) in [6, 6.07) is -1.01. The van der Waals surface area contributed by atoms with Gasteiger partial charge in [0.25, 0.3) is 0 Å². The van der Waals surface area contributed by atoms with Gasteiger partial charge in [-0.1, -0.05) is 6.92 Å². The highest BCUT2D eigenvalue weighted by molar-refractivity contribution is 5.88. The highest BCUT2D eigenvalue weighted by Gasteiger charge is 2.49. The summed E-state index contributed by atoms with van der Waals surface area (Å²) in [4.78, 5) is 36.0. The van der Waals surface area contributed by atoms with Crippen LogP contribution in [0.15, 0.2) is 0 Å². The van der Waals surface area contributed by atoms with Gasteiger partial charge in [0.05, 0.1) is 0 Å². The predicted octanol–water partition coefficient (Wildman–Crippen LogP) is 1.68. The lowest BCUT2D eigenvalue weighted by Crippen LogP contribution is -2.43. The first kappa shape index (κ1) is 15.5. The standard InChI is InChI=1S/C13H21NO5/c1-8(15)13(5)6-9(10(16)17)14(7-13)11(18)19-12(2,3)4/h9H,6-7H2,1-5H3,(H,16,17)/t9-,13-/m1/s1. The van der Waals surface area contributed by atoms with Crippen LogP contribution in [0, 0.1) is 5.41 Å². The van der Waals surface area contributed by atoms with Gasteiger partial charge in [0.15, 0.2) is 0 Å². The van der Waals surface area contributed by atoms with Crippen molar-refractivity contribution in [3.05, 3.63) is 0 Å². The number of aliphatic carboxylic acids is 1. The fourth-order valence-electron chi connectivity index (χ4n) is 2.08. The molecule has 6 heteroatoms. The van der Waals surface area contributed by atoms with E-state index in [4.69, 9.17) is 4.74 Å². The molecule has 6 nitrogen and oxygen atoms in total. The van der Waals surface area contributed by atoms with Crippen molar-refractivity contribution < 1.29 is 24.2 Å². The van der Waals surface area contributed by atoms with E-state index < -0.39 is 29.1 Å². The molecule has 0 aromatic rings. The number of ether oxygens (including phenoxy) is 1. The van der Waals surface area contributed by atoms with Crippen LogP contribution in [0.4, 0.5) is 4.79 Å². The minimum absolute atomic E-state index is 0.0776. The molecule has 1 aliphatic heterocycles. The van der Waals surface area contributed by atoms with Crippen molar-refractivity contribution in [2.24, 2.45) is 5.41 Å². The molecule has 0 aromatic heterocycles. The van der Waals surface area contributed by atoms with Crippen molar-refractivity contribution in [2.75, 3.05) is 6.54 Å². The second kappa shape index (κ2) is 4.83. The quantitative estimate of drug-likeness (QED) is 0.826. The first-order valence-electron chi connectivity index (χ1n) is 6.20. The van der Waals surface area contributed by atoms with Crippen LogP contribution in [-0.2, 0) is 14.3 Å². The van der Waals surface area contributed by atoms with Crippen molar-refractivity contribution in [1.82, 2.24) is 4.90 Å². The van der Waals surface area contributed by atoms with Crippen LogP contribution >= 0.6 is 0 Å². The number of hydrogen-bond acceptors (Lipinski definition) is 4. The zero-order chi connectivity index (χ0) is 15.0. The van der Waals surface area contributed by atoms with E-state index in [1.165, 1.54) is 6.92 Å². The van der Waals surface area contributed by atoms with E-state index in [9.17, 15) is 19.5 Å². The number of carboxylic acid groups (broad SMARTS) is 1. The summed E-state index contributed by atoms with van der Waals surface area (Å²) >= 11 is 0. The maximum absolute atomic E-state index is 12.0. The number of carbonyl (C=O) groups is 3. The Hall–Kier alpha value is -1.59. The topological polar surface area (TPSA) is 83.9 Å². The summed E-state index contributed by atoms with van der Waals surface area (Å²) in [5.74, 6) is -1.24. The summed E-state index contributed by atoms with van der Waals surface area (Å²) in [7, 11) is 0. The number of carbonyl (C=O) groups excluding carboxylic acids is 2. The van der Waals surface area contributed by atoms with Crippen LogP contribution in [0.5, 0.6) is 0 Å². The number of likely N-dealkylation sites (tertiary alicyclic amines) is 1. The van der Waals surface area contributed by atoms with Crippen molar-refractivity contribution in [3.8, 4) is 0 Å². The van der Waals surface area contributed by atoms with Crippen LogP contribution in [0.25, 0.3) is 0 Å². The second-order valence-electron chi connectivity index (χ2n) is 6.28. The fourth-order valence-corrected chi connectivity index (χ4v) is 2.08. The third-order valence-electron chi connectivity index (χ3n) is 3.30. The Morgan fingerprint density at radius 3 is 2.21 bits per heavy atom. The van der Waals surface area contributed by atoms with Crippen molar-refractivity contribution in [2.45, 2.75) is 52.7 Å². The average Bonchev–Trinajstić information content (AvgIpc) is 2.55. The lowest BCUT2D eigenvalue weighted by molar-refractivity contribution is -0.142. The number of ketones is 1. The Kier molecular flexibility index (Phi) is 3.93. The Labute approximate surface area is 112 Å². The van der Waals surface area contributed by atoms with Crippen LogP contribution in [0.3, 0.4) is 0 Å². The van der Waals surface area contributed by atoms with Crippen molar-refractivity contribution >= 4 is 17.8 Å². The summed E-state index contributed by atoms with van der Waals surface area (Å²) in [6.45, 7) is 8.30. The van der Waals surface area contributed by atoms with Gasteiger partial charge >= 0.3 is 12.1 Å². The minimum Gasteiger partial charge on any atom is -0.480 e. The molecule has 0 spiro atoms. The number of Topliss-reactive ketones (excluding diaryl/α,β-unsaturated/α-hetero) is 1. The van der Waals surface area contributed by atoms with Gasteiger partial charge in [-0.05, 0) is 34.1 Å². The van der Waals surface area contributed by atoms with E-state index in [1.807, 2.05) is 0 Å². The van der Waals surface area contributed by atoms with Gasteiger partial charge in [-0.3, -0.25) is 9.69 Å². The molecule has 1 aliphatic rings. The minimum atomic E-state index is -1.11. The van der Waals surface area contributed by atoms with E-state index in [2.05, 4.69) is 0 Å². The van der Waals surface area contributed by atoms with Crippen molar-refractivity contribution in [1.29, 1.82) is 0 Å². The van der Waals surface area contributed by atoms with Gasteiger partial charge in [0, 0.05) is 12.0 Å². The Morgan fingerprint density at radius 1 is 1.32 bits per heavy atom. The fraction of sp³-hybridized carbons (Fsp3) is 0.769. The van der Waals surface area contributed by atoms with Crippen molar-refractivity contribution in [3.63, 3.8) is 0 Å². The maximum Gasteiger partial charge on any atom is 0.411 e. The lowest BCUT2D eigenvalue weighted by Gasteiger charge is -2.27. The Morgan fingerprint density at radius 2 is 1.84 bits per heavy atom. The average molecular weight is 271 g/mol. The SMILES string of the molecule is CC(=O)[C@]1(C)C[C@H](C(=O)O)N(C(=O)OC(C)(C)C)C1. The molecule has 0 aromatic carbocycles. The number of carboxylic acids is 1. The number of hydrogen-bond donors (Lipinski definition) is 1. The molecule has 19 heavy (non-hydrogen) atoms. The van der Waals surface area contributed by atoms with E-state index in [1.54, 1.807) is 27.7 Å². The molecule has 0 bridgehead atoms. The second-order valence-corrected chi connectivity index (χ2v) is 6.28. The normalized spacial score (nSPS) is 27.2. The molecular formula is C13H21NO5. The number of rotatable bonds is 2. The maximum atomic E-state index is 12.0. The summed E-state index contributed by atoms with van der Waals surface area (Å²) in [5.41, 5.74) is -1.52. The van der Waals surface area contributed by atoms with E-state index in [-0.39, 0.29) is 18.7 Å². The third-order valence-corrected chi connectivity index (χ3v) is 3.30. The highest BCUT2D eigenvalue weighted by Crippen LogP contribution is 2.36. The largest absolute Gasteiger partial charge is 0.480 e. The molecule has 108 valence electrons. The molecule has 1 saturated heterocycles. The van der Waals surface area contributed by atoms with Crippen LogP contribution in [0.1, 0.15) is 41.0 Å². The number of nitrogens with zero attached hydrogens (tertiary/aromatic N) is 1. The predicted molar refractivity (Wildman–Crippen MR) is 67.8 cm³/mol. The number of amides is 1. The van der Waals surface area contributed by atoms with Gasteiger partial charge in [-0.25, -0.2) is 9.59 Å². The third kappa shape index (κ3) is 3.45. The first-order valence-corrected chi connectivity index (χ1v) is 6.20. The molecule has 0 saturated carbocycles. The summed E-state index contributed by atoms with van der Waals surface area (Å²) in [6.07, 6.45) is -0.568. The molecule has 1 amide bonds. The Bertz CT molecular complexity index is 412. The zero-order valence-corrected chi connectivity index (χ0v) is 12.0. The molecule has 2 atom stereocenters. The van der Waals surface area contributed by atoms with E-state index in [0.717, 1.165) is 4.90 Å². The Balaban J connectivity index is 2.95. The molecule has 1 heterocycles. The molecule has 1 N–H and O–H groups in total. The smallest absolute Gasteiger partial charge is 0.411 e. The van der Waals surface area contributed by atoms with Gasteiger partial charge in [0.1, 0.15) is 17.4 Å². The zero-order valence-electron chi connectivity index (χ0n) is 12.0. The summed E-state index contributed by atoms with van der Waals surface area (Å²) in [5, 5.41) is 9.18. The molecule has 1 rings (SSSR count). The van der Waals surface area contributed by atoms with Crippen LogP contribution in [0.2, 0.25) is 0 Å². The lowest BCUT2D eigenvalue weighted by atomic mass is 9.84. The molecule has 1 fully saturated rings. The van der Waals surface area contributed by atoms with E-state index in [0.29, 0.717) is 0 Å². The van der Waals surface area contributed by atoms with E-state index >= 15 is 0 Å². The summed E-state index contributed by atoms with van der Waals surface area (Å²) < 4.78 is 5.19. The molecular weight excluding hydrogens is 250 g/mol. The monoisotopic (exact) mass is 271 g/mol. The molecule has 0 unspecified atom stereocenters. The van der Waals surface area contributed by atoms with Gasteiger partial charge in [-0.15, -0.1) is 0 Å². The first-order chi connectivity index (χ1) is 8.46.